The average Bonchev–Trinajstić information content (AvgIpc) is 3.14. The van der Waals surface area contributed by atoms with Crippen molar-refractivity contribution < 1.29 is 0 Å². The fourth-order valence-corrected chi connectivity index (χ4v) is 3.31. The second-order valence-electron chi connectivity index (χ2n) is 6.08. The Kier molecular flexibility index (Phi) is 3.69. The highest BCUT2D eigenvalue weighted by molar-refractivity contribution is 5.03. The molecule has 3 nitrogen and oxygen atoms in total. The highest BCUT2D eigenvalue weighted by Crippen LogP contribution is 2.35. The lowest BCUT2D eigenvalue weighted by atomic mass is 9.87. The van der Waals surface area contributed by atoms with Gasteiger partial charge in [-0.2, -0.15) is 0 Å². The molecule has 0 spiro atoms. The summed E-state index contributed by atoms with van der Waals surface area (Å²) in [7, 11) is 2.14. The maximum absolute atomic E-state index is 4.61. The molecule has 0 amide bonds. The number of nitrogens with one attached hydrogen (secondary N) is 1. The Morgan fingerprint density at radius 1 is 1.22 bits per heavy atom. The van der Waals surface area contributed by atoms with Gasteiger partial charge in [0.1, 0.15) is 5.82 Å². The summed E-state index contributed by atoms with van der Waals surface area (Å²) in [5.74, 6) is 2.76. The highest BCUT2D eigenvalue weighted by Gasteiger charge is 2.29. The molecule has 1 heterocycles. The van der Waals surface area contributed by atoms with Crippen LogP contribution in [-0.4, -0.2) is 22.1 Å². The van der Waals surface area contributed by atoms with E-state index in [1.165, 1.54) is 57.3 Å². The summed E-state index contributed by atoms with van der Waals surface area (Å²) >= 11 is 0. The van der Waals surface area contributed by atoms with E-state index in [9.17, 15) is 0 Å². The Bertz CT molecular complexity index is 381. The van der Waals surface area contributed by atoms with Gasteiger partial charge >= 0.3 is 0 Å². The van der Waals surface area contributed by atoms with Gasteiger partial charge in [-0.15, -0.1) is 0 Å². The molecule has 2 aliphatic rings. The van der Waals surface area contributed by atoms with E-state index in [0.717, 1.165) is 12.0 Å². The summed E-state index contributed by atoms with van der Waals surface area (Å²) in [5, 5.41) is 3.73. The molecule has 100 valence electrons. The van der Waals surface area contributed by atoms with Crippen molar-refractivity contribution in [3.05, 3.63) is 18.2 Å². The quantitative estimate of drug-likeness (QED) is 0.829. The van der Waals surface area contributed by atoms with Crippen LogP contribution in [-0.2, 0) is 7.05 Å². The summed E-state index contributed by atoms with van der Waals surface area (Å²) in [6, 6.07) is 0.829. The summed E-state index contributed by atoms with van der Waals surface area (Å²) in [6.45, 7) is 1.20. The molecule has 0 aliphatic heterocycles. The minimum absolute atomic E-state index is 0.666. The predicted octanol–water partition coefficient (Wildman–Crippen LogP) is 2.84. The van der Waals surface area contributed by atoms with Crippen LogP contribution in [0.5, 0.6) is 0 Å². The third-order valence-corrected chi connectivity index (χ3v) is 4.60. The van der Waals surface area contributed by atoms with Crippen molar-refractivity contribution in [1.82, 2.24) is 14.9 Å². The minimum atomic E-state index is 0.666. The molecule has 0 bridgehead atoms. The predicted molar refractivity (Wildman–Crippen MR) is 73.5 cm³/mol. The maximum Gasteiger partial charge on any atom is 0.111 e. The number of hydrogen-bond donors (Lipinski definition) is 1. The highest BCUT2D eigenvalue weighted by atomic mass is 15.0. The van der Waals surface area contributed by atoms with Gasteiger partial charge in [-0.05, 0) is 38.1 Å². The van der Waals surface area contributed by atoms with Crippen LogP contribution in [0.2, 0.25) is 0 Å². The van der Waals surface area contributed by atoms with E-state index < -0.39 is 0 Å². The van der Waals surface area contributed by atoms with E-state index in [-0.39, 0.29) is 0 Å². The van der Waals surface area contributed by atoms with Crippen molar-refractivity contribution in [2.45, 2.75) is 56.9 Å². The Balaban J connectivity index is 1.71. The minimum Gasteiger partial charge on any atom is -0.338 e. The molecule has 2 unspecified atom stereocenters. The molecular formula is C15H25N3. The van der Waals surface area contributed by atoms with Crippen molar-refractivity contribution in [2.24, 2.45) is 13.0 Å². The molecule has 2 fully saturated rings. The molecular weight excluding hydrogens is 222 g/mol. The fourth-order valence-electron chi connectivity index (χ4n) is 3.31. The first kappa shape index (κ1) is 12.2. The van der Waals surface area contributed by atoms with Crippen LogP contribution in [0, 0.1) is 5.92 Å². The number of nitrogens with zero attached hydrogens (tertiary/aromatic N) is 2. The first-order valence-corrected chi connectivity index (χ1v) is 7.55. The Labute approximate surface area is 110 Å². The SMILES string of the molecule is Cn1ccnc1C1CCCCCC1CNC1CC1. The maximum atomic E-state index is 4.61. The van der Waals surface area contributed by atoms with Crippen LogP contribution in [0.25, 0.3) is 0 Å². The van der Waals surface area contributed by atoms with Crippen molar-refractivity contribution in [3.63, 3.8) is 0 Å². The van der Waals surface area contributed by atoms with Crippen LogP contribution in [0.4, 0.5) is 0 Å². The summed E-state index contributed by atoms with van der Waals surface area (Å²) in [6.07, 6.45) is 13.7. The number of rotatable bonds is 4. The molecule has 1 N–H and O–H groups in total. The Morgan fingerprint density at radius 2 is 2.06 bits per heavy atom. The van der Waals surface area contributed by atoms with E-state index in [1.807, 2.05) is 6.20 Å². The van der Waals surface area contributed by atoms with E-state index in [2.05, 4.69) is 28.1 Å². The standard InChI is InChI=1S/C15H25N3/c1-18-10-9-16-15(18)14-6-4-2-3-5-12(14)11-17-13-7-8-13/h9-10,12-14,17H,2-8,11H2,1H3. The van der Waals surface area contributed by atoms with Crippen LogP contribution < -0.4 is 5.32 Å². The molecule has 1 aromatic rings. The summed E-state index contributed by atoms with van der Waals surface area (Å²) in [5.41, 5.74) is 0. The molecule has 1 aromatic heterocycles. The number of aromatic nitrogens is 2. The van der Waals surface area contributed by atoms with Crippen molar-refractivity contribution in [3.8, 4) is 0 Å². The van der Waals surface area contributed by atoms with Crippen LogP contribution in [0.1, 0.15) is 56.7 Å². The average molecular weight is 247 g/mol. The third-order valence-electron chi connectivity index (χ3n) is 4.60. The first-order chi connectivity index (χ1) is 8.84. The van der Waals surface area contributed by atoms with Gasteiger partial charge in [0.2, 0.25) is 0 Å². The lowest BCUT2D eigenvalue weighted by Gasteiger charge is -2.25. The zero-order valence-corrected chi connectivity index (χ0v) is 11.4. The zero-order chi connectivity index (χ0) is 12.4. The lowest BCUT2D eigenvalue weighted by molar-refractivity contribution is 0.357. The summed E-state index contributed by atoms with van der Waals surface area (Å²) in [4.78, 5) is 4.61. The van der Waals surface area contributed by atoms with Crippen molar-refractivity contribution >= 4 is 0 Å². The second-order valence-corrected chi connectivity index (χ2v) is 6.08. The molecule has 0 saturated heterocycles. The van der Waals surface area contributed by atoms with Crippen molar-refractivity contribution in [1.29, 1.82) is 0 Å². The second kappa shape index (κ2) is 5.43. The van der Waals surface area contributed by atoms with Gasteiger partial charge in [0.15, 0.2) is 0 Å². The molecule has 3 heteroatoms. The van der Waals surface area contributed by atoms with Gasteiger partial charge in [-0.25, -0.2) is 4.98 Å². The van der Waals surface area contributed by atoms with Crippen molar-refractivity contribution in [2.75, 3.05) is 6.54 Å². The number of imidazole rings is 1. The molecule has 2 aliphatic carbocycles. The lowest BCUT2D eigenvalue weighted by Crippen LogP contribution is -2.29. The van der Waals surface area contributed by atoms with Gasteiger partial charge in [-0.3, -0.25) is 0 Å². The fraction of sp³-hybridized carbons (Fsp3) is 0.800. The number of aryl methyl sites for hydroxylation is 1. The van der Waals surface area contributed by atoms with Crippen LogP contribution in [0.15, 0.2) is 12.4 Å². The largest absolute Gasteiger partial charge is 0.338 e. The van der Waals surface area contributed by atoms with Gasteiger partial charge < -0.3 is 9.88 Å². The molecule has 0 radical (unpaired) electrons. The van der Waals surface area contributed by atoms with E-state index in [0.29, 0.717) is 5.92 Å². The number of hydrogen-bond acceptors (Lipinski definition) is 2. The normalized spacial score (nSPS) is 29.2. The molecule has 0 aromatic carbocycles. The molecule has 3 rings (SSSR count). The van der Waals surface area contributed by atoms with E-state index in [4.69, 9.17) is 0 Å². The summed E-state index contributed by atoms with van der Waals surface area (Å²) < 4.78 is 2.22. The smallest absolute Gasteiger partial charge is 0.111 e. The van der Waals surface area contributed by atoms with E-state index >= 15 is 0 Å². The monoisotopic (exact) mass is 247 g/mol. The van der Waals surface area contributed by atoms with Gasteiger partial charge in [0, 0.05) is 31.4 Å². The van der Waals surface area contributed by atoms with Gasteiger partial charge in [0.25, 0.3) is 0 Å². The van der Waals surface area contributed by atoms with Crippen LogP contribution >= 0.6 is 0 Å². The van der Waals surface area contributed by atoms with Gasteiger partial charge in [0.05, 0.1) is 0 Å². The Hall–Kier alpha value is -0.830. The third kappa shape index (κ3) is 2.77. The van der Waals surface area contributed by atoms with E-state index in [1.54, 1.807) is 0 Å². The molecule has 2 atom stereocenters. The topological polar surface area (TPSA) is 29.9 Å². The molecule has 18 heavy (non-hydrogen) atoms. The van der Waals surface area contributed by atoms with Gasteiger partial charge in [-0.1, -0.05) is 19.3 Å². The van der Waals surface area contributed by atoms with Crippen LogP contribution in [0.3, 0.4) is 0 Å². The molecule has 2 saturated carbocycles. The zero-order valence-electron chi connectivity index (χ0n) is 11.4. The first-order valence-electron chi connectivity index (χ1n) is 7.55. The Morgan fingerprint density at radius 3 is 2.78 bits per heavy atom.